The lowest BCUT2D eigenvalue weighted by Crippen LogP contribution is -2.32. The summed E-state index contributed by atoms with van der Waals surface area (Å²) in [6.07, 6.45) is 0.860. The van der Waals surface area contributed by atoms with Crippen LogP contribution in [0.4, 0.5) is 0 Å². The normalized spacial score (nSPS) is 11.8. The van der Waals surface area contributed by atoms with E-state index in [9.17, 15) is 4.79 Å². The summed E-state index contributed by atoms with van der Waals surface area (Å²) in [4.78, 5) is 16.8. The molecule has 1 N–H and O–H groups in total. The highest BCUT2D eigenvalue weighted by Gasteiger charge is 2.15. The van der Waals surface area contributed by atoms with Crippen molar-refractivity contribution in [3.63, 3.8) is 0 Å². The van der Waals surface area contributed by atoms with Gasteiger partial charge < -0.3 is 14.6 Å². The van der Waals surface area contributed by atoms with E-state index in [-0.39, 0.29) is 18.6 Å². The Kier molecular flexibility index (Phi) is 5.86. The minimum absolute atomic E-state index is 0.0898. The molecule has 1 amide bonds. The summed E-state index contributed by atoms with van der Waals surface area (Å²) in [6, 6.07) is 15.1. The fourth-order valence-electron chi connectivity index (χ4n) is 2.46. The first-order valence-electron chi connectivity index (χ1n) is 8.99. The number of hydrogen-bond donors (Lipinski definition) is 1. The Morgan fingerprint density at radius 1 is 1.19 bits per heavy atom. The van der Waals surface area contributed by atoms with Crippen LogP contribution in [0, 0.1) is 6.92 Å². The van der Waals surface area contributed by atoms with Crippen molar-refractivity contribution in [1.82, 2.24) is 15.5 Å². The molecule has 6 nitrogen and oxygen atoms in total. The fourth-order valence-corrected chi connectivity index (χ4v) is 2.46. The molecule has 0 spiro atoms. The molecule has 2 aromatic carbocycles. The number of amides is 1. The van der Waals surface area contributed by atoms with Crippen molar-refractivity contribution in [2.45, 2.75) is 39.8 Å². The second kappa shape index (κ2) is 8.49. The molecule has 1 heterocycles. The zero-order valence-corrected chi connectivity index (χ0v) is 15.7. The summed E-state index contributed by atoms with van der Waals surface area (Å²) in [6.45, 7) is 6.10. The van der Waals surface area contributed by atoms with Gasteiger partial charge in [0.05, 0.1) is 5.56 Å². The minimum atomic E-state index is -0.161. The van der Waals surface area contributed by atoms with Crippen molar-refractivity contribution in [2.24, 2.45) is 0 Å². The lowest BCUT2D eigenvalue weighted by molar-refractivity contribution is 0.0934. The maximum absolute atomic E-state index is 12.4. The largest absolute Gasteiger partial charge is 0.483 e. The summed E-state index contributed by atoms with van der Waals surface area (Å²) in [5, 5.41) is 6.94. The van der Waals surface area contributed by atoms with Crippen LogP contribution in [0.5, 0.6) is 5.75 Å². The van der Waals surface area contributed by atoms with Crippen LogP contribution in [0.15, 0.2) is 53.1 Å². The molecule has 0 aliphatic carbocycles. The van der Waals surface area contributed by atoms with Gasteiger partial charge in [0, 0.05) is 11.6 Å². The maximum atomic E-state index is 12.4. The Hall–Kier alpha value is -3.15. The van der Waals surface area contributed by atoms with E-state index >= 15 is 0 Å². The molecule has 1 aromatic heterocycles. The van der Waals surface area contributed by atoms with Crippen LogP contribution < -0.4 is 10.1 Å². The summed E-state index contributed by atoms with van der Waals surface area (Å²) in [7, 11) is 0. The van der Waals surface area contributed by atoms with Gasteiger partial charge in [0.15, 0.2) is 6.61 Å². The Morgan fingerprint density at radius 2 is 1.93 bits per heavy atom. The van der Waals surface area contributed by atoms with Crippen molar-refractivity contribution in [3.05, 3.63) is 65.5 Å². The van der Waals surface area contributed by atoms with Crippen molar-refractivity contribution in [3.8, 4) is 17.1 Å². The number of aryl methyl sites for hydroxylation is 1. The Bertz CT molecular complexity index is 903. The van der Waals surface area contributed by atoms with Gasteiger partial charge in [-0.15, -0.1) is 0 Å². The fraction of sp³-hybridized carbons (Fsp3) is 0.286. The molecule has 1 atom stereocenters. The summed E-state index contributed by atoms with van der Waals surface area (Å²) in [5.74, 6) is 1.18. The van der Waals surface area contributed by atoms with Crippen LogP contribution in [-0.2, 0) is 6.61 Å². The lowest BCUT2D eigenvalue weighted by Gasteiger charge is -2.14. The molecule has 0 aliphatic heterocycles. The zero-order chi connectivity index (χ0) is 19.2. The molecule has 0 saturated heterocycles. The first-order chi connectivity index (χ1) is 13.1. The van der Waals surface area contributed by atoms with Crippen LogP contribution >= 0.6 is 0 Å². The number of nitrogens with zero attached hydrogens (tertiary/aromatic N) is 2. The highest BCUT2D eigenvalue weighted by Crippen LogP contribution is 2.21. The van der Waals surface area contributed by atoms with E-state index in [1.54, 1.807) is 18.2 Å². The second-order valence-electron chi connectivity index (χ2n) is 6.45. The zero-order valence-electron chi connectivity index (χ0n) is 15.7. The molecule has 3 rings (SSSR count). The molecule has 0 aliphatic rings. The topological polar surface area (TPSA) is 77.2 Å². The second-order valence-corrected chi connectivity index (χ2v) is 6.45. The Labute approximate surface area is 158 Å². The summed E-state index contributed by atoms with van der Waals surface area (Å²) < 4.78 is 11.0. The van der Waals surface area contributed by atoms with Crippen molar-refractivity contribution >= 4 is 5.91 Å². The molecule has 27 heavy (non-hydrogen) atoms. The Balaban J connectivity index is 1.69. The van der Waals surface area contributed by atoms with Gasteiger partial charge in [-0.05, 0) is 32.4 Å². The molecular weight excluding hydrogens is 342 g/mol. The average molecular weight is 365 g/mol. The number of para-hydroxylation sites is 1. The van der Waals surface area contributed by atoms with E-state index in [2.05, 4.69) is 15.5 Å². The highest BCUT2D eigenvalue weighted by molar-refractivity contribution is 5.97. The summed E-state index contributed by atoms with van der Waals surface area (Å²) in [5.41, 5.74) is 2.53. The SMILES string of the molecule is CCC(C)NC(=O)c1ccccc1OCc1nc(-c2ccc(C)cc2)no1. The van der Waals surface area contributed by atoms with Gasteiger partial charge in [-0.2, -0.15) is 4.98 Å². The molecule has 0 fully saturated rings. The maximum Gasteiger partial charge on any atom is 0.264 e. The van der Waals surface area contributed by atoms with Gasteiger partial charge in [-0.25, -0.2) is 0 Å². The van der Waals surface area contributed by atoms with Crippen molar-refractivity contribution < 1.29 is 14.1 Å². The number of carbonyl (C=O) groups excluding carboxylic acids is 1. The average Bonchev–Trinajstić information content (AvgIpc) is 3.16. The quantitative estimate of drug-likeness (QED) is 0.680. The van der Waals surface area contributed by atoms with Gasteiger partial charge in [-0.1, -0.05) is 54.0 Å². The Morgan fingerprint density at radius 3 is 2.67 bits per heavy atom. The minimum Gasteiger partial charge on any atom is -0.483 e. The van der Waals surface area contributed by atoms with Crippen LogP contribution in [0.3, 0.4) is 0 Å². The van der Waals surface area contributed by atoms with Gasteiger partial charge in [0.25, 0.3) is 11.8 Å². The first-order valence-corrected chi connectivity index (χ1v) is 8.99. The van der Waals surface area contributed by atoms with Crippen LogP contribution in [-0.4, -0.2) is 22.1 Å². The third-order valence-electron chi connectivity index (χ3n) is 4.25. The monoisotopic (exact) mass is 365 g/mol. The summed E-state index contributed by atoms with van der Waals surface area (Å²) >= 11 is 0. The predicted molar refractivity (Wildman–Crippen MR) is 102 cm³/mol. The molecule has 0 radical (unpaired) electrons. The van der Waals surface area contributed by atoms with E-state index in [0.717, 1.165) is 17.5 Å². The number of nitrogens with one attached hydrogen (secondary N) is 1. The van der Waals surface area contributed by atoms with E-state index in [1.165, 1.54) is 0 Å². The van der Waals surface area contributed by atoms with Crippen LogP contribution in [0.2, 0.25) is 0 Å². The lowest BCUT2D eigenvalue weighted by atomic mass is 10.1. The van der Waals surface area contributed by atoms with Crippen LogP contribution in [0.1, 0.15) is 42.1 Å². The standard InChI is InChI=1S/C21H23N3O3/c1-4-15(3)22-21(25)17-7-5-6-8-18(17)26-13-19-23-20(24-27-19)16-11-9-14(2)10-12-16/h5-12,15H,4,13H2,1-3H3,(H,22,25). The molecule has 3 aromatic rings. The molecule has 0 bridgehead atoms. The smallest absolute Gasteiger partial charge is 0.264 e. The third kappa shape index (κ3) is 4.73. The first kappa shape index (κ1) is 18.6. The number of carbonyl (C=O) groups is 1. The van der Waals surface area contributed by atoms with E-state index in [1.807, 2.05) is 51.1 Å². The van der Waals surface area contributed by atoms with Gasteiger partial charge >= 0.3 is 0 Å². The number of hydrogen-bond acceptors (Lipinski definition) is 5. The molecule has 1 unspecified atom stereocenters. The van der Waals surface area contributed by atoms with Crippen LogP contribution in [0.25, 0.3) is 11.4 Å². The van der Waals surface area contributed by atoms with Gasteiger partial charge in [0.2, 0.25) is 5.82 Å². The molecule has 0 saturated carbocycles. The molecular formula is C21H23N3O3. The highest BCUT2D eigenvalue weighted by atomic mass is 16.5. The van der Waals surface area contributed by atoms with Gasteiger partial charge in [-0.3, -0.25) is 4.79 Å². The van der Waals surface area contributed by atoms with Crippen molar-refractivity contribution in [1.29, 1.82) is 0 Å². The third-order valence-corrected chi connectivity index (χ3v) is 4.25. The molecule has 6 heteroatoms. The predicted octanol–water partition coefficient (Wildman–Crippen LogP) is 4.15. The molecule has 140 valence electrons. The number of aromatic nitrogens is 2. The van der Waals surface area contributed by atoms with Crippen molar-refractivity contribution in [2.75, 3.05) is 0 Å². The number of ether oxygens (including phenoxy) is 1. The van der Waals surface area contributed by atoms with E-state index < -0.39 is 0 Å². The number of rotatable bonds is 7. The van der Waals surface area contributed by atoms with Gasteiger partial charge in [0.1, 0.15) is 5.75 Å². The van der Waals surface area contributed by atoms with E-state index in [0.29, 0.717) is 23.0 Å². The van der Waals surface area contributed by atoms with E-state index in [4.69, 9.17) is 9.26 Å². The number of benzene rings is 2.